The molecule has 19 heavy (non-hydrogen) atoms. The highest BCUT2D eigenvalue weighted by molar-refractivity contribution is 9.10. The Morgan fingerprint density at radius 1 is 1.16 bits per heavy atom. The highest BCUT2D eigenvalue weighted by Crippen LogP contribution is 2.29. The van der Waals surface area contributed by atoms with Crippen molar-refractivity contribution in [1.82, 2.24) is 0 Å². The third kappa shape index (κ3) is 3.58. The molecule has 0 spiro atoms. The average molecular weight is 341 g/mol. The molecule has 2 aromatic carbocycles. The van der Waals surface area contributed by atoms with Gasteiger partial charge in [-0.15, -0.1) is 0 Å². The predicted octanol–water partition coefficient (Wildman–Crippen LogP) is 4.53. The second-order valence-corrected chi connectivity index (χ2v) is 5.75. The van der Waals surface area contributed by atoms with Gasteiger partial charge in [-0.25, -0.2) is 9.18 Å². The van der Waals surface area contributed by atoms with Crippen LogP contribution >= 0.6 is 27.7 Å². The number of hydrogen-bond donors (Lipinski definition) is 0. The van der Waals surface area contributed by atoms with Crippen LogP contribution in [0.4, 0.5) is 4.39 Å². The number of halogens is 2. The SMILES string of the molecule is COC(=O)c1ccc(Sc2ccc(Br)cc2)cc1F. The fourth-order valence-electron chi connectivity index (χ4n) is 1.47. The van der Waals surface area contributed by atoms with Gasteiger partial charge >= 0.3 is 5.97 Å². The molecule has 2 rings (SSSR count). The van der Waals surface area contributed by atoms with E-state index < -0.39 is 11.8 Å². The van der Waals surface area contributed by atoms with E-state index >= 15 is 0 Å². The lowest BCUT2D eigenvalue weighted by Crippen LogP contribution is -2.04. The van der Waals surface area contributed by atoms with Gasteiger partial charge in [0.2, 0.25) is 0 Å². The van der Waals surface area contributed by atoms with Crippen LogP contribution in [0.1, 0.15) is 10.4 Å². The predicted molar refractivity (Wildman–Crippen MR) is 76.0 cm³/mol. The lowest BCUT2D eigenvalue weighted by atomic mass is 10.2. The molecule has 0 atom stereocenters. The molecule has 0 unspecified atom stereocenters. The van der Waals surface area contributed by atoms with Gasteiger partial charge in [0.1, 0.15) is 5.82 Å². The van der Waals surface area contributed by atoms with E-state index in [2.05, 4.69) is 20.7 Å². The zero-order valence-corrected chi connectivity index (χ0v) is 12.4. The number of rotatable bonds is 3. The smallest absolute Gasteiger partial charge is 0.340 e. The van der Waals surface area contributed by atoms with Crippen LogP contribution in [0.25, 0.3) is 0 Å². The lowest BCUT2D eigenvalue weighted by Gasteiger charge is -2.05. The molecule has 0 aliphatic rings. The molecular weight excluding hydrogens is 331 g/mol. The van der Waals surface area contributed by atoms with Crippen LogP contribution in [-0.4, -0.2) is 13.1 Å². The van der Waals surface area contributed by atoms with Crippen molar-refractivity contribution >= 4 is 33.7 Å². The molecule has 0 saturated heterocycles. The Hall–Kier alpha value is -1.33. The van der Waals surface area contributed by atoms with E-state index in [-0.39, 0.29) is 5.56 Å². The monoisotopic (exact) mass is 340 g/mol. The maximum atomic E-state index is 13.7. The Kier molecular flexibility index (Phi) is 4.61. The molecule has 2 aromatic rings. The van der Waals surface area contributed by atoms with E-state index in [4.69, 9.17) is 0 Å². The van der Waals surface area contributed by atoms with Crippen LogP contribution in [-0.2, 0) is 4.74 Å². The minimum Gasteiger partial charge on any atom is -0.465 e. The second kappa shape index (κ2) is 6.21. The van der Waals surface area contributed by atoms with Crippen molar-refractivity contribution in [3.8, 4) is 0 Å². The van der Waals surface area contributed by atoms with E-state index in [1.54, 1.807) is 6.07 Å². The summed E-state index contributed by atoms with van der Waals surface area (Å²) in [6.07, 6.45) is 0. The molecule has 0 heterocycles. The van der Waals surface area contributed by atoms with Crippen LogP contribution in [0.15, 0.2) is 56.7 Å². The van der Waals surface area contributed by atoms with Crippen molar-refractivity contribution < 1.29 is 13.9 Å². The minimum atomic E-state index is -0.669. The highest BCUT2D eigenvalue weighted by Gasteiger charge is 2.12. The average Bonchev–Trinajstić information content (AvgIpc) is 2.41. The molecule has 2 nitrogen and oxygen atoms in total. The van der Waals surface area contributed by atoms with Crippen molar-refractivity contribution in [3.05, 3.63) is 58.3 Å². The summed E-state index contributed by atoms with van der Waals surface area (Å²) in [6, 6.07) is 12.2. The van der Waals surface area contributed by atoms with Crippen LogP contribution in [0.5, 0.6) is 0 Å². The van der Waals surface area contributed by atoms with Gasteiger partial charge in [0.15, 0.2) is 0 Å². The molecule has 0 radical (unpaired) electrons. The topological polar surface area (TPSA) is 26.3 Å². The quantitative estimate of drug-likeness (QED) is 0.768. The van der Waals surface area contributed by atoms with Crippen molar-refractivity contribution in [2.75, 3.05) is 7.11 Å². The Bertz CT molecular complexity index is 599. The summed E-state index contributed by atoms with van der Waals surface area (Å²) in [4.78, 5) is 13.0. The van der Waals surface area contributed by atoms with Gasteiger partial charge in [-0.2, -0.15) is 0 Å². The number of carbonyl (C=O) groups excluding carboxylic acids is 1. The van der Waals surface area contributed by atoms with E-state index in [0.29, 0.717) is 0 Å². The van der Waals surface area contributed by atoms with Crippen LogP contribution in [0.3, 0.4) is 0 Å². The van der Waals surface area contributed by atoms with Gasteiger partial charge in [0.05, 0.1) is 12.7 Å². The summed E-state index contributed by atoms with van der Waals surface area (Å²) in [5.74, 6) is -1.24. The van der Waals surface area contributed by atoms with Crippen LogP contribution in [0.2, 0.25) is 0 Å². The molecule has 0 bridgehead atoms. The first-order chi connectivity index (χ1) is 9.10. The zero-order chi connectivity index (χ0) is 13.8. The summed E-state index contributed by atoms with van der Waals surface area (Å²) < 4.78 is 19.2. The standard InChI is InChI=1S/C14H10BrFO2S/c1-18-14(17)12-7-6-11(8-13(12)16)19-10-4-2-9(15)3-5-10/h2-8H,1H3. The largest absolute Gasteiger partial charge is 0.465 e. The third-order valence-corrected chi connectivity index (χ3v) is 3.92. The first kappa shape index (κ1) is 14.1. The summed E-state index contributed by atoms with van der Waals surface area (Å²) in [5.41, 5.74) is -0.0531. The zero-order valence-electron chi connectivity index (χ0n) is 10.0. The molecule has 0 aliphatic carbocycles. The highest BCUT2D eigenvalue weighted by atomic mass is 79.9. The van der Waals surface area contributed by atoms with Gasteiger partial charge in [-0.05, 0) is 42.5 Å². The molecule has 98 valence electrons. The fraction of sp³-hybridized carbons (Fsp3) is 0.0714. The number of esters is 1. The van der Waals surface area contributed by atoms with Crippen LogP contribution < -0.4 is 0 Å². The summed E-state index contributed by atoms with van der Waals surface area (Å²) in [7, 11) is 1.23. The number of benzene rings is 2. The third-order valence-electron chi connectivity index (χ3n) is 2.40. The van der Waals surface area contributed by atoms with Crippen molar-refractivity contribution in [2.45, 2.75) is 9.79 Å². The molecular formula is C14H10BrFO2S. The Balaban J connectivity index is 2.20. The number of methoxy groups -OCH3 is 1. The Morgan fingerprint density at radius 3 is 2.37 bits per heavy atom. The minimum absolute atomic E-state index is 0.0531. The molecule has 0 fully saturated rings. The number of hydrogen-bond acceptors (Lipinski definition) is 3. The maximum absolute atomic E-state index is 13.7. The van der Waals surface area contributed by atoms with E-state index in [9.17, 15) is 9.18 Å². The normalized spacial score (nSPS) is 10.3. The number of carbonyl (C=O) groups is 1. The summed E-state index contributed by atoms with van der Waals surface area (Å²) in [6.45, 7) is 0. The van der Waals surface area contributed by atoms with Crippen molar-refractivity contribution in [1.29, 1.82) is 0 Å². The van der Waals surface area contributed by atoms with Gasteiger partial charge in [-0.3, -0.25) is 0 Å². The first-order valence-electron chi connectivity index (χ1n) is 5.41. The maximum Gasteiger partial charge on any atom is 0.340 e. The van der Waals surface area contributed by atoms with E-state index in [0.717, 1.165) is 14.3 Å². The van der Waals surface area contributed by atoms with E-state index in [1.165, 1.54) is 31.0 Å². The summed E-state index contributed by atoms with van der Waals surface area (Å²) in [5, 5.41) is 0. The Labute approximate surface area is 123 Å². The van der Waals surface area contributed by atoms with Crippen LogP contribution in [0, 0.1) is 5.82 Å². The number of ether oxygens (including phenoxy) is 1. The molecule has 0 aliphatic heterocycles. The molecule has 0 aromatic heterocycles. The fourth-order valence-corrected chi connectivity index (χ4v) is 2.58. The summed E-state index contributed by atoms with van der Waals surface area (Å²) >= 11 is 4.78. The Morgan fingerprint density at radius 2 is 1.79 bits per heavy atom. The van der Waals surface area contributed by atoms with Gasteiger partial charge in [-0.1, -0.05) is 27.7 Å². The van der Waals surface area contributed by atoms with Gasteiger partial charge in [0, 0.05) is 14.3 Å². The lowest BCUT2D eigenvalue weighted by molar-refractivity contribution is 0.0595. The van der Waals surface area contributed by atoms with E-state index in [1.807, 2.05) is 24.3 Å². The molecule has 0 amide bonds. The van der Waals surface area contributed by atoms with Crippen molar-refractivity contribution in [2.24, 2.45) is 0 Å². The van der Waals surface area contributed by atoms with Gasteiger partial charge < -0.3 is 4.74 Å². The molecule has 0 N–H and O–H groups in total. The second-order valence-electron chi connectivity index (χ2n) is 3.69. The van der Waals surface area contributed by atoms with Crippen molar-refractivity contribution in [3.63, 3.8) is 0 Å². The molecule has 0 saturated carbocycles. The molecule has 5 heteroatoms. The van der Waals surface area contributed by atoms with Gasteiger partial charge in [0.25, 0.3) is 0 Å². The first-order valence-corrected chi connectivity index (χ1v) is 7.02.